The third-order valence-electron chi connectivity index (χ3n) is 2.30. The van der Waals surface area contributed by atoms with E-state index in [9.17, 15) is 9.59 Å². The van der Waals surface area contributed by atoms with Crippen molar-refractivity contribution in [2.24, 2.45) is 0 Å². The van der Waals surface area contributed by atoms with Crippen LogP contribution in [0.2, 0.25) is 0 Å². The number of urea groups is 1. The number of aromatic nitrogens is 1. The van der Waals surface area contributed by atoms with Gasteiger partial charge >= 0.3 is 12.0 Å². The van der Waals surface area contributed by atoms with Gasteiger partial charge in [0, 0.05) is 9.85 Å². The number of aryl methyl sites for hydroxylation is 1. The van der Waals surface area contributed by atoms with E-state index in [1.54, 1.807) is 6.07 Å². The van der Waals surface area contributed by atoms with Crippen LogP contribution in [0, 0.1) is 6.92 Å². The summed E-state index contributed by atoms with van der Waals surface area (Å²) in [5.41, 5.74) is 1.28. The molecule has 104 valence electrons. The maximum absolute atomic E-state index is 11.8. The standard InChI is InChI=1S/C12H10BrN3O3S/c1-6-5-20-12(14-6)16-11(19)15-9-4-7(10(17)18)2-3-8(9)13/h2-5H,1H3,(H,17,18)(H2,14,15,16,19). The first-order chi connectivity index (χ1) is 9.45. The van der Waals surface area contributed by atoms with Crippen LogP contribution in [0.5, 0.6) is 0 Å². The summed E-state index contributed by atoms with van der Waals surface area (Å²) in [6.07, 6.45) is 0. The second kappa shape index (κ2) is 6.02. The predicted molar refractivity (Wildman–Crippen MR) is 80.6 cm³/mol. The molecule has 8 heteroatoms. The molecule has 1 aromatic carbocycles. The molecule has 2 amide bonds. The van der Waals surface area contributed by atoms with Crippen molar-refractivity contribution in [3.8, 4) is 0 Å². The minimum Gasteiger partial charge on any atom is -0.478 e. The van der Waals surface area contributed by atoms with Gasteiger partial charge in [-0.05, 0) is 41.1 Å². The Morgan fingerprint density at radius 2 is 2.10 bits per heavy atom. The molecular weight excluding hydrogens is 346 g/mol. The van der Waals surface area contributed by atoms with Gasteiger partial charge in [0.05, 0.1) is 16.9 Å². The second-order valence-corrected chi connectivity index (χ2v) is 5.59. The molecule has 1 heterocycles. The van der Waals surface area contributed by atoms with Gasteiger partial charge in [-0.2, -0.15) is 0 Å². The van der Waals surface area contributed by atoms with Crippen LogP contribution < -0.4 is 10.6 Å². The van der Waals surface area contributed by atoms with Crippen molar-refractivity contribution in [2.75, 3.05) is 10.6 Å². The fraction of sp³-hybridized carbons (Fsp3) is 0.0833. The molecule has 0 atom stereocenters. The number of nitrogens with zero attached hydrogens (tertiary/aromatic N) is 1. The first-order valence-corrected chi connectivity index (χ1v) is 7.16. The quantitative estimate of drug-likeness (QED) is 0.784. The molecule has 0 aliphatic carbocycles. The van der Waals surface area contributed by atoms with Gasteiger partial charge in [0.15, 0.2) is 5.13 Å². The molecule has 3 N–H and O–H groups in total. The highest BCUT2D eigenvalue weighted by Crippen LogP contribution is 2.24. The van der Waals surface area contributed by atoms with Crippen LogP contribution in [-0.4, -0.2) is 22.1 Å². The molecule has 20 heavy (non-hydrogen) atoms. The zero-order valence-electron chi connectivity index (χ0n) is 10.3. The summed E-state index contributed by atoms with van der Waals surface area (Å²) < 4.78 is 0.591. The highest BCUT2D eigenvalue weighted by atomic mass is 79.9. The molecule has 6 nitrogen and oxygen atoms in total. The zero-order valence-corrected chi connectivity index (χ0v) is 12.7. The van der Waals surface area contributed by atoms with Crippen molar-refractivity contribution in [3.05, 3.63) is 39.3 Å². The van der Waals surface area contributed by atoms with Crippen LogP contribution >= 0.6 is 27.3 Å². The molecule has 0 saturated carbocycles. The average molecular weight is 356 g/mol. The molecule has 0 aliphatic rings. The Morgan fingerprint density at radius 1 is 1.35 bits per heavy atom. The van der Waals surface area contributed by atoms with E-state index in [1.165, 1.54) is 23.5 Å². The maximum Gasteiger partial charge on any atom is 0.335 e. The smallest absolute Gasteiger partial charge is 0.335 e. The zero-order chi connectivity index (χ0) is 14.7. The van der Waals surface area contributed by atoms with Gasteiger partial charge in [-0.1, -0.05) is 0 Å². The third kappa shape index (κ3) is 3.55. The number of amides is 2. The molecular formula is C12H10BrN3O3S. The fourth-order valence-electron chi connectivity index (χ4n) is 1.42. The molecule has 0 aliphatic heterocycles. The molecule has 2 aromatic rings. The number of nitrogens with one attached hydrogen (secondary N) is 2. The summed E-state index contributed by atoms with van der Waals surface area (Å²) >= 11 is 4.56. The van der Waals surface area contributed by atoms with E-state index in [0.29, 0.717) is 15.3 Å². The number of carboxylic acids is 1. The molecule has 2 rings (SSSR count). The van der Waals surface area contributed by atoms with Gasteiger partial charge in [0.1, 0.15) is 0 Å². The van der Waals surface area contributed by atoms with Gasteiger partial charge in [-0.25, -0.2) is 14.6 Å². The highest BCUT2D eigenvalue weighted by molar-refractivity contribution is 9.10. The Balaban J connectivity index is 2.11. The van der Waals surface area contributed by atoms with E-state index in [4.69, 9.17) is 5.11 Å². The minimum absolute atomic E-state index is 0.0913. The van der Waals surface area contributed by atoms with Crippen molar-refractivity contribution in [2.45, 2.75) is 6.92 Å². The van der Waals surface area contributed by atoms with Crippen molar-refractivity contribution >= 4 is 50.1 Å². The Bertz CT molecular complexity index is 672. The van der Waals surface area contributed by atoms with E-state index in [-0.39, 0.29) is 5.56 Å². The minimum atomic E-state index is -1.06. The number of anilines is 2. The lowest BCUT2D eigenvalue weighted by Crippen LogP contribution is -2.19. The summed E-state index contributed by atoms with van der Waals surface area (Å²) in [5.74, 6) is -1.06. The predicted octanol–water partition coefficient (Wildman–Crippen LogP) is 3.56. The summed E-state index contributed by atoms with van der Waals surface area (Å²) in [7, 11) is 0. The average Bonchev–Trinajstić information content (AvgIpc) is 2.77. The van der Waals surface area contributed by atoms with Gasteiger partial charge in [-0.15, -0.1) is 11.3 Å². The maximum atomic E-state index is 11.8. The molecule has 0 spiro atoms. The number of carbonyl (C=O) groups is 2. The monoisotopic (exact) mass is 355 g/mol. The topological polar surface area (TPSA) is 91.3 Å². The summed E-state index contributed by atoms with van der Waals surface area (Å²) in [5, 5.41) is 16.4. The van der Waals surface area contributed by atoms with Crippen LogP contribution in [0.4, 0.5) is 15.6 Å². The van der Waals surface area contributed by atoms with Crippen LogP contribution in [-0.2, 0) is 0 Å². The number of aromatic carboxylic acids is 1. The number of halogens is 1. The van der Waals surface area contributed by atoms with Crippen LogP contribution in [0.25, 0.3) is 0 Å². The molecule has 0 fully saturated rings. The lowest BCUT2D eigenvalue weighted by atomic mass is 10.2. The van der Waals surface area contributed by atoms with E-state index in [0.717, 1.165) is 5.69 Å². The second-order valence-electron chi connectivity index (χ2n) is 3.87. The Kier molecular flexibility index (Phi) is 4.35. The van der Waals surface area contributed by atoms with Gasteiger partial charge in [0.25, 0.3) is 0 Å². The number of hydrogen-bond donors (Lipinski definition) is 3. The van der Waals surface area contributed by atoms with Crippen LogP contribution in [0.15, 0.2) is 28.1 Å². The van der Waals surface area contributed by atoms with E-state index in [2.05, 4.69) is 31.5 Å². The van der Waals surface area contributed by atoms with Gasteiger partial charge in [0.2, 0.25) is 0 Å². The normalized spacial score (nSPS) is 10.1. The first-order valence-electron chi connectivity index (χ1n) is 5.48. The molecule has 0 unspecified atom stereocenters. The largest absolute Gasteiger partial charge is 0.478 e. The van der Waals surface area contributed by atoms with Gasteiger partial charge in [-0.3, -0.25) is 5.32 Å². The van der Waals surface area contributed by atoms with E-state index in [1.807, 2.05) is 12.3 Å². The molecule has 0 saturated heterocycles. The lowest BCUT2D eigenvalue weighted by Gasteiger charge is -2.08. The number of rotatable bonds is 3. The summed E-state index contributed by atoms with van der Waals surface area (Å²) in [4.78, 5) is 26.8. The lowest BCUT2D eigenvalue weighted by molar-refractivity contribution is 0.0697. The fourth-order valence-corrected chi connectivity index (χ4v) is 2.45. The Hall–Kier alpha value is -1.93. The van der Waals surface area contributed by atoms with Crippen molar-refractivity contribution in [3.63, 3.8) is 0 Å². The van der Waals surface area contributed by atoms with Crippen molar-refractivity contribution in [1.82, 2.24) is 4.98 Å². The van der Waals surface area contributed by atoms with Crippen LogP contribution in [0.3, 0.4) is 0 Å². The highest BCUT2D eigenvalue weighted by Gasteiger charge is 2.10. The van der Waals surface area contributed by atoms with Crippen molar-refractivity contribution < 1.29 is 14.7 Å². The molecule has 0 bridgehead atoms. The number of benzene rings is 1. The van der Waals surface area contributed by atoms with Crippen LogP contribution in [0.1, 0.15) is 16.1 Å². The third-order valence-corrected chi connectivity index (χ3v) is 3.87. The Labute approximate surface area is 127 Å². The van der Waals surface area contributed by atoms with Crippen molar-refractivity contribution in [1.29, 1.82) is 0 Å². The summed E-state index contributed by atoms with van der Waals surface area (Å²) in [6.45, 7) is 1.83. The SMILES string of the molecule is Cc1csc(NC(=O)Nc2cc(C(=O)O)ccc2Br)n1. The van der Waals surface area contributed by atoms with Gasteiger partial charge < -0.3 is 10.4 Å². The Morgan fingerprint density at radius 3 is 2.70 bits per heavy atom. The number of carbonyl (C=O) groups excluding carboxylic acids is 1. The number of carboxylic acid groups (broad SMARTS) is 1. The van der Waals surface area contributed by atoms with E-state index >= 15 is 0 Å². The number of thiazole rings is 1. The first kappa shape index (κ1) is 14.5. The molecule has 1 aromatic heterocycles. The number of hydrogen-bond acceptors (Lipinski definition) is 4. The van der Waals surface area contributed by atoms with E-state index < -0.39 is 12.0 Å². The summed E-state index contributed by atoms with van der Waals surface area (Å²) in [6, 6.07) is 3.90. The molecule has 0 radical (unpaired) electrons.